The highest BCUT2D eigenvalue weighted by atomic mass is 35.9. The zero-order chi connectivity index (χ0) is 11.8. The zero-order valence-electron chi connectivity index (χ0n) is 8.60. The highest BCUT2D eigenvalue weighted by Gasteiger charge is 2.22. The summed E-state index contributed by atoms with van der Waals surface area (Å²) in [4.78, 5) is 0. The minimum absolute atomic E-state index is 0.770. The third-order valence-electron chi connectivity index (χ3n) is 2.46. The van der Waals surface area contributed by atoms with Gasteiger partial charge >= 0.3 is 6.00 Å². The number of benzene rings is 2. The van der Waals surface area contributed by atoms with Crippen LogP contribution < -0.4 is 4.67 Å². The van der Waals surface area contributed by atoms with E-state index >= 15 is 0 Å². The molecule has 0 unspecified atom stereocenters. The van der Waals surface area contributed by atoms with E-state index in [1.807, 2.05) is 42.5 Å². The molecule has 0 aliphatic carbocycles. The third kappa shape index (κ3) is 2.20. The lowest BCUT2D eigenvalue weighted by molar-refractivity contribution is 0.591. The van der Waals surface area contributed by atoms with Crippen LogP contribution >= 0.6 is 28.5 Å². The second-order valence-electron chi connectivity index (χ2n) is 3.46. The third-order valence-corrected chi connectivity index (χ3v) is 4.74. The Balaban J connectivity index is 2.65. The molecular weight excluding hydrogens is 264 g/mol. The maximum atomic E-state index is 11.6. The van der Waals surface area contributed by atoms with E-state index in [-0.39, 0.29) is 0 Å². The first kappa shape index (κ1) is 11.8. The minimum Gasteiger partial charge on any atom is -0.302 e. The maximum absolute atomic E-state index is 11.6. The molecule has 0 aliphatic heterocycles. The lowest BCUT2D eigenvalue weighted by Crippen LogP contribution is -2.07. The zero-order valence-corrected chi connectivity index (χ0v) is 11.0. The van der Waals surface area contributed by atoms with Crippen LogP contribution in [0.4, 0.5) is 5.69 Å². The second kappa shape index (κ2) is 4.29. The fourth-order valence-electron chi connectivity index (χ4n) is 1.62. The summed E-state index contributed by atoms with van der Waals surface area (Å²) >= 11 is 11.3. The average molecular weight is 274 g/mol. The molecule has 0 amide bonds. The molecule has 0 bridgehead atoms. The van der Waals surface area contributed by atoms with Crippen molar-refractivity contribution < 1.29 is 4.57 Å². The van der Waals surface area contributed by atoms with E-state index in [9.17, 15) is 4.57 Å². The molecule has 2 aromatic rings. The normalized spacial score (nSPS) is 11.7. The number of fused-ring (bicyclic) bond motifs is 1. The summed E-state index contributed by atoms with van der Waals surface area (Å²) in [5.41, 5.74) is 0.770. The number of halogens is 2. The first-order valence-electron chi connectivity index (χ1n) is 4.71. The van der Waals surface area contributed by atoms with Gasteiger partial charge in [0.2, 0.25) is 0 Å². The van der Waals surface area contributed by atoms with Crippen molar-refractivity contribution in [2.45, 2.75) is 0 Å². The van der Waals surface area contributed by atoms with Crippen LogP contribution in [0.5, 0.6) is 0 Å². The number of hydrogen-bond donors (Lipinski definition) is 0. The molecule has 0 spiro atoms. The number of anilines is 1. The molecule has 2 rings (SSSR count). The molecular formula is C11H10Cl2NOP. The second-order valence-corrected chi connectivity index (χ2v) is 8.19. The lowest BCUT2D eigenvalue weighted by Gasteiger charge is -2.21. The van der Waals surface area contributed by atoms with E-state index in [4.69, 9.17) is 22.5 Å². The summed E-state index contributed by atoms with van der Waals surface area (Å²) in [6.07, 6.45) is 0. The van der Waals surface area contributed by atoms with Gasteiger partial charge in [0.1, 0.15) is 0 Å². The standard InChI is InChI=1S/C11H10Cl2NOP/c1-14(16(12,13)15)11-8-4-6-9-5-2-3-7-10(9)11/h2-8H,1H3. The molecule has 84 valence electrons. The van der Waals surface area contributed by atoms with Gasteiger partial charge in [-0.25, -0.2) is 0 Å². The summed E-state index contributed by atoms with van der Waals surface area (Å²) in [5.74, 6) is -3.31. The van der Waals surface area contributed by atoms with Gasteiger partial charge in [0.25, 0.3) is 0 Å². The molecule has 0 radical (unpaired) electrons. The van der Waals surface area contributed by atoms with E-state index < -0.39 is 6.00 Å². The molecule has 0 heterocycles. The Morgan fingerprint density at radius 3 is 2.38 bits per heavy atom. The predicted molar refractivity (Wildman–Crippen MR) is 71.7 cm³/mol. The van der Waals surface area contributed by atoms with Crippen molar-refractivity contribution in [2.75, 3.05) is 11.7 Å². The monoisotopic (exact) mass is 273 g/mol. The summed E-state index contributed by atoms with van der Waals surface area (Å²) in [7, 11) is 1.63. The van der Waals surface area contributed by atoms with Gasteiger partial charge in [0.05, 0.1) is 5.69 Å². The first-order valence-corrected chi connectivity index (χ1v) is 8.18. The number of hydrogen-bond acceptors (Lipinski definition) is 1. The SMILES string of the molecule is CN(c1cccc2ccccc12)P(=O)(Cl)Cl. The van der Waals surface area contributed by atoms with Crippen molar-refractivity contribution in [2.24, 2.45) is 0 Å². The molecule has 0 saturated carbocycles. The maximum Gasteiger partial charge on any atom is 0.345 e. The lowest BCUT2D eigenvalue weighted by atomic mass is 10.1. The Hall–Kier alpha value is -0.690. The van der Waals surface area contributed by atoms with Crippen molar-refractivity contribution in [1.82, 2.24) is 0 Å². The average Bonchev–Trinajstić information content (AvgIpc) is 2.26. The van der Waals surface area contributed by atoms with Crippen molar-refractivity contribution in [3.63, 3.8) is 0 Å². The largest absolute Gasteiger partial charge is 0.345 e. The van der Waals surface area contributed by atoms with Crippen LogP contribution in [0.3, 0.4) is 0 Å². The van der Waals surface area contributed by atoms with Gasteiger partial charge in [-0.3, -0.25) is 4.57 Å². The Kier molecular flexibility index (Phi) is 3.16. The van der Waals surface area contributed by atoms with Gasteiger partial charge in [0, 0.05) is 12.4 Å². The van der Waals surface area contributed by atoms with E-state index in [0.717, 1.165) is 16.5 Å². The van der Waals surface area contributed by atoms with Gasteiger partial charge in [-0.05, 0) is 33.9 Å². The number of nitrogens with zero attached hydrogens (tertiary/aromatic N) is 1. The van der Waals surface area contributed by atoms with Gasteiger partial charge in [-0.15, -0.1) is 0 Å². The molecule has 0 aromatic heterocycles. The van der Waals surface area contributed by atoms with Crippen LogP contribution in [-0.4, -0.2) is 7.05 Å². The quantitative estimate of drug-likeness (QED) is 0.729. The molecule has 5 heteroatoms. The summed E-state index contributed by atoms with van der Waals surface area (Å²) < 4.78 is 13.0. The number of rotatable bonds is 2. The van der Waals surface area contributed by atoms with Crippen LogP contribution in [0.1, 0.15) is 0 Å². The van der Waals surface area contributed by atoms with Crippen LogP contribution in [0.2, 0.25) is 0 Å². The molecule has 2 nitrogen and oxygen atoms in total. The first-order chi connectivity index (χ1) is 7.50. The fourth-order valence-corrected chi connectivity index (χ4v) is 2.53. The molecule has 0 N–H and O–H groups in total. The predicted octanol–water partition coefficient (Wildman–Crippen LogP) is 4.86. The molecule has 2 aromatic carbocycles. The molecule has 0 fully saturated rings. The molecule has 0 saturated heterocycles. The highest BCUT2D eigenvalue weighted by molar-refractivity contribution is 8.09. The van der Waals surface area contributed by atoms with Gasteiger partial charge in [0.15, 0.2) is 0 Å². The van der Waals surface area contributed by atoms with Crippen molar-refractivity contribution in [3.8, 4) is 0 Å². The van der Waals surface area contributed by atoms with E-state index in [2.05, 4.69) is 0 Å². The van der Waals surface area contributed by atoms with E-state index in [0.29, 0.717) is 0 Å². The summed E-state index contributed by atoms with van der Waals surface area (Å²) in [6.45, 7) is 0. The van der Waals surface area contributed by atoms with Gasteiger partial charge in [-0.1, -0.05) is 36.4 Å². The Morgan fingerprint density at radius 2 is 1.69 bits per heavy atom. The van der Waals surface area contributed by atoms with Gasteiger partial charge in [-0.2, -0.15) is 0 Å². The smallest absolute Gasteiger partial charge is 0.302 e. The highest BCUT2D eigenvalue weighted by Crippen LogP contribution is 2.61. The van der Waals surface area contributed by atoms with Gasteiger partial charge < -0.3 is 4.67 Å². The van der Waals surface area contributed by atoms with E-state index in [1.165, 1.54) is 4.67 Å². The Morgan fingerprint density at radius 1 is 1.06 bits per heavy atom. The topological polar surface area (TPSA) is 20.3 Å². The molecule has 0 atom stereocenters. The molecule has 0 aliphatic rings. The van der Waals surface area contributed by atoms with Crippen molar-refractivity contribution in [1.29, 1.82) is 0 Å². The van der Waals surface area contributed by atoms with Crippen LogP contribution in [-0.2, 0) is 4.57 Å². The fraction of sp³-hybridized carbons (Fsp3) is 0.0909. The Labute approximate surface area is 104 Å². The summed E-state index contributed by atoms with van der Waals surface area (Å²) in [5, 5.41) is 2.04. The van der Waals surface area contributed by atoms with Crippen molar-refractivity contribution >= 4 is 44.9 Å². The minimum atomic E-state index is -3.31. The molecule has 16 heavy (non-hydrogen) atoms. The van der Waals surface area contributed by atoms with Crippen molar-refractivity contribution in [3.05, 3.63) is 42.5 Å². The summed E-state index contributed by atoms with van der Waals surface area (Å²) in [6, 6.07) is 13.5. The Bertz CT molecular complexity index is 561. The van der Waals surface area contributed by atoms with Crippen LogP contribution in [0.25, 0.3) is 10.8 Å². The van der Waals surface area contributed by atoms with Crippen LogP contribution in [0.15, 0.2) is 42.5 Å². The van der Waals surface area contributed by atoms with E-state index in [1.54, 1.807) is 7.05 Å². The van der Waals surface area contributed by atoms with Crippen LogP contribution in [0, 0.1) is 0 Å².